The fraction of sp³-hybridized carbons (Fsp3) is 0.235. The molecule has 5 nitrogen and oxygen atoms in total. The number of hydrogen-bond acceptors (Lipinski definition) is 3. The van der Waals surface area contributed by atoms with Crippen LogP contribution >= 0.6 is 0 Å². The van der Waals surface area contributed by atoms with Crippen molar-refractivity contribution >= 4 is 17.3 Å². The van der Waals surface area contributed by atoms with E-state index in [9.17, 15) is 14.9 Å². The highest BCUT2D eigenvalue weighted by Gasteiger charge is 2.24. The number of aryl methyl sites for hydroxylation is 1. The molecule has 112 valence electrons. The topological polar surface area (TPSA) is 72.2 Å². The maximum absolute atomic E-state index is 12.2. The lowest BCUT2D eigenvalue weighted by Crippen LogP contribution is -2.14. The number of hydrogen-bond donors (Lipinski definition) is 1. The molecule has 1 aliphatic carbocycles. The summed E-state index contributed by atoms with van der Waals surface area (Å²) >= 11 is 0. The first-order valence-corrected chi connectivity index (χ1v) is 7.25. The highest BCUT2D eigenvalue weighted by molar-refractivity contribution is 5.91. The van der Waals surface area contributed by atoms with Crippen LogP contribution in [0.25, 0.3) is 0 Å². The zero-order valence-electron chi connectivity index (χ0n) is 12.0. The molecule has 1 aliphatic rings. The Kier molecular flexibility index (Phi) is 3.87. The highest BCUT2D eigenvalue weighted by Crippen LogP contribution is 2.35. The number of carbonyl (C=O) groups is 1. The Hall–Kier alpha value is -2.69. The van der Waals surface area contributed by atoms with Crippen molar-refractivity contribution in [2.45, 2.75) is 25.2 Å². The SMILES string of the molecule is O=C(CC1CCc2ccccc21)Nc1ccc([N+](=O)[O-])cc1. The normalized spacial score (nSPS) is 16.1. The summed E-state index contributed by atoms with van der Waals surface area (Å²) in [4.78, 5) is 22.3. The molecule has 0 spiro atoms. The van der Waals surface area contributed by atoms with Crippen LogP contribution in [0.4, 0.5) is 11.4 Å². The molecule has 0 heterocycles. The Labute approximate surface area is 128 Å². The van der Waals surface area contributed by atoms with E-state index in [1.54, 1.807) is 12.1 Å². The first kappa shape index (κ1) is 14.3. The number of non-ortho nitro benzene ring substituents is 1. The average Bonchev–Trinajstić information content (AvgIpc) is 2.91. The quantitative estimate of drug-likeness (QED) is 0.691. The molecule has 1 amide bonds. The van der Waals surface area contributed by atoms with E-state index >= 15 is 0 Å². The Morgan fingerprint density at radius 3 is 2.64 bits per heavy atom. The van der Waals surface area contributed by atoms with Crippen LogP contribution in [0.1, 0.15) is 29.9 Å². The second-order valence-electron chi connectivity index (χ2n) is 5.49. The van der Waals surface area contributed by atoms with Gasteiger partial charge in [0.2, 0.25) is 5.91 Å². The predicted molar refractivity (Wildman–Crippen MR) is 83.8 cm³/mol. The second-order valence-corrected chi connectivity index (χ2v) is 5.49. The first-order chi connectivity index (χ1) is 10.6. The van der Waals surface area contributed by atoms with Gasteiger partial charge in [-0.1, -0.05) is 24.3 Å². The summed E-state index contributed by atoms with van der Waals surface area (Å²) in [6.45, 7) is 0. The lowest BCUT2D eigenvalue weighted by molar-refractivity contribution is -0.384. The lowest BCUT2D eigenvalue weighted by atomic mass is 9.97. The molecule has 0 aliphatic heterocycles. The monoisotopic (exact) mass is 296 g/mol. The fourth-order valence-electron chi connectivity index (χ4n) is 2.96. The molecule has 2 aromatic rings. The third-order valence-electron chi connectivity index (χ3n) is 4.05. The van der Waals surface area contributed by atoms with Gasteiger partial charge in [-0.05, 0) is 42.0 Å². The van der Waals surface area contributed by atoms with Crippen LogP contribution in [0.15, 0.2) is 48.5 Å². The van der Waals surface area contributed by atoms with E-state index in [2.05, 4.69) is 17.4 Å². The van der Waals surface area contributed by atoms with Crippen molar-refractivity contribution in [1.82, 2.24) is 0 Å². The van der Waals surface area contributed by atoms with Gasteiger partial charge in [-0.3, -0.25) is 14.9 Å². The van der Waals surface area contributed by atoms with Crippen molar-refractivity contribution in [3.63, 3.8) is 0 Å². The van der Waals surface area contributed by atoms with E-state index in [1.807, 2.05) is 12.1 Å². The highest BCUT2D eigenvalue weighted by atomic mass is 16.6. The van der Waals surface area contributed by atoms with Crippen LogP contribution in [0.3, 0.4) is 0 Å². The van der Waals surface area contributed by atoms with Crippen LogP contribution in [0.5, 0.6) is 0 Å². The molecule has 0 saturated heterocycles. The standard InChI is InChI=1S/C17H16N2O3/c20-17(18-14-7-9-15(10-8-14)19(21)22)11-13-6-5-12-3-1-2-4-16(12)13/h1-4,7-10,13H,5-6,11H2,(H,18,20). The summed E-state index contributed by atoms with van der Waals surface area (Å²) < 4.78 is 0. The number of rotatable bonds is 4. The average molecular weight is 296 g/mol. The fourth-order valence-corrected chi connectivity index (χ4v) is 2.96. The van der Waals surface area contributed by atoms with Crippen molar-refractivity contribution < 1.29 is 9.72 Å². The molecular weight excluding hydrogens is 280 g/mol. The number of anilines is 1. The minimum atomic E-state index is -0.457. The molecular formula is C17H16N2O3. The molecule has 1 N–H and O–H groups in total. The van der Waals surface area contributed by atoms with Gasteiger partial charge in [0.05, 0.1) is 4.92 Å². The van der Waals surface area contributed by atoms with E-state index in [1.165, 1.54) is 23.3 Å². The predicted octanol–water partition coefficient (Wildman–Crippen LogP) is 3.65. The van der Waals surface area contributed by atoms with Crippen LogP contribution < -0.4 is 5.32 Å². The molecule has 0 fully saturated rings. The lowest BCUT2D eigenvalue weighted by Gasteiger charge is -2.11. The Bertz CT molecular complexity index is 710. The summed E-state index contributed by atoms with van der Waals surface area (Å²) in [6.07, 6.45) is 2.45. The first-order valence-electron chi connectivity index (χ1n) is 7.25. The van der Waals surface area contributed by atoms with Crippen molar-refractivity contribution in [3.05, 3.63) is 69.8 Å². The van der Waals surface area contributed by atoms with Gasteiger partial charge < -0.3 is 5.32 Å². The number of nitrogens with zero attached hydrogens (tertiary/aromatic N) is 1. The van der Waals surface area contributed by atoms with E-state index in [0.29, 0.717) is 12.1 Å². The molecule has 0 radical (unpaired) electrons. The van der Waals surface area contributed by atoms with Crippen molar-refractivity contribution in [1.29, 1.82) is 0 Å². The van der Waals surface area contributed by atoms with Gasteiger partial charge in [0, 0.05) is 24.2 Å². The molecule has 22 heavy (non-hydrogen) atoms. The molecule has 0 saturated carbocycles. The Balaban J connectivity index is 1.62. The Morgan fingerprint density at radius 1 is 1.18 bits per heavy atom. The van der Waals surface area contributed by atoms with Crippen molar-refractivity contribution in [3.8, 4) is 0 Å². The van der Waals surface area contributed by atoms with E-state index < -0.39 is 4.92 Å². The molecule has 3 rings (SSSR count). The van der Waals surface area contributed by atoms with Gasteiger partial charge in [-0.2, -0.15) is 0 Å². The Morgan fingerprint density at radius 2 is 1.91 bits per heavy atom. The minimum absolute atomic E-state index is 0.0164. The third kappa shape index (κ3) is 2.98. The smallest absolute Gasteiger partial charge is 0.269 e. The van der Waals surface area contributed by atoms with Gasteiger partial charge >= 0.3 is 0 Å². The zero-order valence-corrected chi connectivity index (χ0v) is 12.0. The molecule has 1 atom stereocenters. The summed E-state index contributed by atoms with van der Waals surface area (Å²) in [6, 6.07) is 14.1. The molecule has 5 heteroatoms. The van der Waals surface area contributed by atoms with Gasteiger partial charge in [-0.15, -0.1) is 0 Å². The number of carbonyl (C=O) groups excluding carboxylic acids is 1. The number of nitrogens with one attached hydrogen (secondary N) is 1. The number of fused-ring (bicyclic) bond motifs is 1. The number of nitro groups is 1. The third-order valence-corrected chi connectivity index (χ3v) is 4.05. The van der Waals surface area contributed by atoms with Gasteiger partial charge in [-0.25, -0.2) is 0 Å². The van der Waals surface area contributed by atoms with E-state index in [-0.39, 0.29) is 17.5 Å². The minimum Gasteiger partial charge on any atom is -0.326 e. The molecule has 0 aromatic heterocycles. The second kappa shape index (κ2) is 5.97. The largest absolute Gasteiger partial charge is 0.326 e. The summed E-state index contributed by atoms with van der Waals surface area (Å²) in [5, 5.41) is 13.4. The molecule has 0 bridgehead atoms. The molecule has 1 unspecified atom stereocenters. The van der Waals surface area contributed by atoms with E-state index in [0.717, 1.165) is 12.8 Å². The van der Waals surface area contributed by atoms with Crippen LogP contribution in [-0.4, -0.2) is 10.8 Å². The summed E-state index contributed by atoms with van der Waals surface area (Å²) in [5.74, 6) is 0.199. The number of amides is 1. The number of nitro benzene ring substituents is 1. The van der Waals surface area contributed by atoms with Gasteiger partial charge in [0.15, 0.2) is 0 Å². The van der Waals surface area contributed by atoms with Gasteiger partial charge in [0.1, 0.15) is 0 Å². The van der Waals surface area contributed by atoms with Crippen molar-refractivity contribution in [2.24, 2.45) is 0 Å². The van der Waals surface area contributed by atoms with E-state index in [4.69, 9.17) is 0 Å². The molecule has 2 aromatic carbocycles. The zero-order chi connectivity index (χ0) is 15.5. The summed E-state index contributed by atoms with van der Waals surface area (Å²) in [5.41, 5.74) is 3.20. The van der Waals surface area contributed by atoms with Crippen LogP contribution in [0.2, 0.25) is 0 Å². The number of benzene rings is 2. The maximum Gasteiger partial charge on any atom is 0.269 e. The van der Waals surface area contributed by atoms with Crippen molar-refractivity contribution in [2.75, 3.05) is 5.32 Å². The van der Waals surface area contributed by atoms with Crippen LogP contribution in [0, 0.1) is 10.1 Å². The van der Waals surface area contributed by atoms with Crippen LogP contribution in [-0.2, 0) is 11.2 Å². The maximum atomic E-state index is 12.2. The van der Waals surface area contributed by atoms with Gasteiger partial charge in [0.25, 0.3) is 5.69 Å². The summed E-state index contributed by atoms with van der Waals surface area (Å²) in [7, 11) is 0.